The molecule has 0 bridgehead atoms. The summed E-state index contributed by atoms with van der Waals surface area (Å²) in [7, 11) is 0. The molecule has 2 aromatic heterocycles. The van der Waals surface area contributed by atoms with E-state index in [1.54, 1.807) is 13.8 Å². The second kappa shape index (κ2) is 11.1. The Labute approximate surface area is 171 Å². The molecule has 0 saturated heterocycles. The number of aryl methyl sites for hydroxylation is 2. The zero-order valence-electron chi connectivity index (χ0n) is 16.4. The largest absolute Gasteiger partial charge is 0.451 e. The smallest absolute Gasteiger partial charge is 0.359 e. The second-order valence-electron chi connectivity index (χ2n) is 5.94. The molecule has 0 radical (unpaired) electrons. The number of nitrogens with one attached hydrogen (secondary N) is 2. The van der Waals surface area contributed by atoms with Gasteiger partial charge in [-0.25, -0.2) is 19.6 Å². The summed E-state index contributed by atoms with van der Waals surface area (Å²) in [5.74, 6) is -2.65. The molecule has 2 heterocycles. The number of carbonyl (C=O) groups is 4. The lowest BCUT2D eigenvalue weighted by atomic mass is 10.4. The van der Waals surface area contributed by atoms with E-state index in [0.29, 0.717) is 11.4 Å². The van der Waals surface area contributed by atoms with Gasteiger partial charge in [-0.1, -0.05) is 0 Å². The average Bonchev–Trinajstić information content (AvgIpc) is 2.74. The first-order valence-corrected chi connectivity index (χ1v) is 8.80. The van der Waals surface area contributed by atoms with E-state index >= 15 is 0 Å². The predicted molar refractivity (Wildman–Crippen MR) is 100 cm³/mol. The number of carbonyl (C=O) groups excluding carboxylic acids is 4. The summed E-state index contributed by atoms with van der Waals surface area (Å²) in [6.07, 6.45) is 5.32. The zero-order chi connectivity index (χ0) is 21.9. The van der Waals surface area contributed by atoms with Crippen molar-refractivity contribution in [2.45, 2.75) is 13.8 Å². The lowest BCUT2D eigenvalue weighted by Gasteiger charge is -2.08. The zero-order valence-corrected chi connectivity index (χ0v) is 16.4. The number of amides is 2. The topological polar surface area (TPSA) is 162 Å². The first kappa shape index (κ1) is 22.3. The van der Waals surface area contributed by atoms with Crippen LogP contribution in [0.1, 0.15) is 32.4 Å². The van der Waals surface area contributed by atoms with Crippen LogP contribution in [0.3, 0.4) is 0 Å². The van der Waals surface area contributed by atoms with Crippen LogP contribution in [0.4, 0.5) is 0 Å². The van der Waals surface area contributed by atoms with Crippen LogP contribution in [0.5, 0.6) is 0 Å². The van der Waals surface area contributed by atoms with Gasteiger partial charge in [-0.3, -0.25) is 19.6 Å². The summed E-state index contributed by atoms with van der Waals surface area (Å²) >= 11 is 0. The number of nitrogens with zero attached hydrogens (tertiary/aromatic N) is 4. The van der Waals surface area contributed by atoms with Crippen molar-refractivity contribution in [2.24, 2.45) is 0 Å². The van der Waals surface area contributed by atoms with Gasteiger partial charge in [-0.2, -0.15) is 0 Å². The summed E-state index contributed by atoms with van der Waals surface area (Å²) in [4.78, 5) is 62.2. The van der Waals surface area contributed by atoms with Crippen LogP contribution in [-0.2, 0) is 19.1 Å². The van der Waals surface area contributed by atoms with Crippen LogP contribution in [0, 0.1) is 13.8 Å². The molecular weight excluding hydrogens is 396 g/mol. The van der Waals surface area contributed by atoms with Crippen molar-refractivity contribution in [1.82, 2.24) is 30.6 Å². The van der Waals surface area contributed by atoms with Crippen LogP contribution in [0.2, 0.25) is 0 Å². The lowest BCUT2D eigenvalue weighted by molar-refractivity contribution is -0.125. The Kier molecular flexibility index (Phi) is 8.29. The molecule has 2 rings (SSSR count). The van der Waals surface area contributed by atoms with Gasteiger partial charge in [-0.15, -0.1) is 0 Å². The molecule has 0 spiro atoms. The van der Waals surface area contributed by atoms with Crippen molar-refractivity contribution in [3.63, 3.8) is 0 Å². The van der Waals surface area contributed by atoms with Crippen LogP contribution in [0.25, 0.3) is 0 Å². The molecule has 12 nitrogen and oxygen atoms in total. The van der Waals surface area contributed by atoms with Crippen LogP contribution in [0.15, 0.2) is 24.8 Å². The Hall–Kier alpha value is -3.96. The first-order valence-electron chi connectivity index (χ1n) is 8.80. The quantitative estimate of drug-likeness (QED) is 0.388. The van der Waals surface area contributed by atoms with Gasteiger partial charge in [0.05, 0.1) is 23.8 Å². The molecule has 30 heavy (non-hydrogen) atoms. The van der Waals surface area contributed by atoms with E-state index in [1.165, 1.54) is 24.8 Å². The highest BCUT2D eigenvalue weighted by Crippen LogP contribution is 1.98. The fourth-order valence-corrected chi connectivity index (χ4v) is 1.91. The van der Waals surface area contributed by atoms with Crippen LogP contribution >= 0.6 is 0 Å². The second-order valence-corrected chi connectivity index (χ2v) is 5.94. The Bertz CT molecular complexity index is 825. The van der Waals surface area contributed by atoms with Crippen molar-refractivity contribution in [3.05, 3.63) is 47.6 Å². The Morgan fingerprint density at radius 2 is 1.10 bits per heavy atom. The number of aromatic nitrogens is 4. The average molecular weight is 416 g/mol. The van der Waals surface area contributed by atoms with Crippen molar-refractivity contribution in [1.29, 1.82) is 0 Å². The highest BCUT2D eigenvalue weighted by molar-refractivity contribution is 5.90. The van der Waals surface area contributed by atoms with Gasteiger partial charge in [0, 0.05) is 25.5 Å². The maximum Gasteiger partial charge on any atom is 0.359 e. The third-order valence-corrected chi connectivity index (χ3v) is 3.42. The first-order chi connectivity index (χ1) is 14.3. The van der Waals surface area contributed by atoms with Gasteiger partial charge in [0.1, 0.15) is 0 Å². The molecule has 2 aromatic rings. The Morgan fingerprint density at radius 1 is 0.700 bits per heavy atom. The molecule has 0 unspecified atom stereocenters. The molecule has 0 aliphatic heterocycles. The molecule has 0 aromatic carbocycles. The van der Waals surface area contributed by atoms with Gasteiger partial charge >= 0.3 is 11.9 Å². The van der Waals surface area contributed by atoms with E-state index in [2.05, 4.69) is 30.6 Å². The summed E-state index contributed by atoms with van der Waals surface area (Å²) in [5.41, 5.74) is 1.27. The highest BCUT2D eigenvalue weighted by Gasteiger charge is 2.13. The summed E-state index contributed by atoms with van der Waals surface area (Å²) in [6, 6.07) is 0. The van der Waals surface area contributed by atoms with Gasteiger partial charge < -0.3 is 20.1 Å². The van der Waals surface area contributed by atoms with Gasteiger partial charge in [0.15, 0.2) is 24.6 Å². The monoisotopic (exact) mass is 416 g/mol. The molecule has 0 fully saturated rings. The minimum Gasteiger partial charge on any atom is -0.451 e. The van der Waals surface area contributed by atoms with E-state index in [0.717, 1.165) is 0 Å². The molecule has 158 valence electrons. The maximum absolute atomic E-state index is 11.7. The van der Waals surface area contributed by atoms with Gasteiger partial charge in [-0.05, 0) is 13.8 Å². The van der Waals surface area contributed by atoms with E-state index in [4.69, 9.17) is 9.47 Å². The van der Waals surface area contributed by atoms with E-state index in [1.807, 2.05) is 0 Å². The summed E-state index contributed by atoms with van der Waals surface area (Å²) < 4.78 is 9.63. The molecule has 0 saturated carbocycles. The maximum atomic E-state index is 11.7. The molecule has 0 aliphatic carbocycles. The summed E-state index contributed by atoms with van der Waals surface area (Å²) in [5, 5.41) is 4.91. The minimum atomic E-state index is -0.772. The van der Waals surface area contributed by atoms with E-state index in [9.17, 15) is 19.2 Å². The van der Waals surface area contributed by atoms with Gasteiger partial charge in [0.25, 0.3) is 11.8 Å². The number of hydrogen-bond acceptors (Lipinski definition) is 10. The standard InChI is InChI=1S/C18H20N6O6/c1-11-5-23-13(7-21-11)17(27)29-9-15(25)19-3-4-20-16(26)10-30-18(28)14-8-22-12(2)6-24-14/h5-8H,3-4,9-10H2,1-2H3,(H,19,25)(H,20,26). The van der Waals surface area contributed by atoms with Crippen molar-refractivity contribution < 1.29 is 28.7 Å². The fourth-order valence-electron chi connectivity index (χ4n) is 1.91. The fraction of sp³-hybridized carbons (Fsp3) is 0.333. The minimum absolute atomic E-state index is 0.00757. The van der Waals surface area contributed by atoms with E-state index in [-0.39, 0.29) is 24.5 Å². The Balaban J connectivity index is 1.57. The normalized spacial score (nSPS) is 10.1. The van der Waals surface area contributed by atoms with E-state index < -0.39 is 37.0 Å². The third-order valence-electron chi connectivity index (χ3n) is 3.42. The number of rotatable bonds is 9. The number of hydrogen-bond donors (Lipinski definition) is 2. The predicted octanol–water partition coefficient (Wildman–Crippen LogP) is -0.870. The molecular formula is C18H20N6O6. The SMILES string of the molecule is Cc1cnc(C(=O)OCC(=O)NCCNC(=O)COC(=O)c2cnc(C)cn2)cn1. The van der Waals surface area contributed by atoms with Crippen molar-refractivity contribution in [3.8, 4) is 0 Å². The number of esters is 2. The van der Waals surface area contributed by atoms with Crippen LogP contribution < -0.4 is 10.6 Å². The molecule has 0 aliphatic rings. The van der Waals surface area contributed by atoms with Gasteiger partial charge in [0.2, 0.25) is 0 Å². The highest BCUT2D eigenvalue weighted by atomic mass is 16.5. The number of ether oxygens (including phenoxy) is 2. The Morgan fingerprint density at radius 3 is 1.43 bits per heavy atom. The van der Waals surface area contributed by atoms with Crippen molar-refractivity contribution in [2.75, 3.05) is 26.3 Å². The third kappa shape index (κ3) is 7.58. The van der Waals surface area contributed by atoms with Crippen LogP contribution in [-0.4, -0.2) is 70.0 Å². The molecule has 2 N–H and O–H groups in total. The lowest BCUT2D eigenvalue weighted by Crippen LogP contribution is -2.38. The summed E-state index contributed by atoms with van der Waals surface area (Å²) in [6.45, 7) is 2.61. The molecule has 12 heteroatoms. The molecule has 0 atom stereocenters. The van der Waals surface area contributed by atoms with Crippen molar-refractivity contribution >= 4 is 23.8 Å². The molecule has 2 amide bonds.